The zero-order valence-corrected chi connectivity index (χ0v) is 11.2. The molecule has 98 valence electrons. The van der Waals surface area contributed by atoms with Gasteiger partial charge in [-0.2, -0.15) is 0 Å². The van der Waals surface area contributed by atoms with Crippen LogP contribution in [0.25, 0.3) is 16.9 Å². The van der Waals surface area contributed by atoms with Crippen molar-refractivity contribution in [3.05, 3.63) is 65.3 Å². The number of aldehydes is 1. The first-order chi connectivity index (χ1) is 9.79. The van der Waals surface area contributed by atoms with Crippen molar-refractivity contribution in [2.45, 2.75) is 0 Å². The molecule has 0 aliphatic carbocycles. The van der Waals surface area contributed by atoms with Crippen molar-refractivity contribution in [1.29, 1.82) is 0 Å². The van der Waals surface area contributed by atoms with Gasteiger partial charge in [0.1, 0.15) is 5.69 Å². The third-order valence-corrected chi connectivity index (χ3v) is 3.18. The second-order valence-corrected chi connectivity index (χ2v) is 4.63. The summed E-state index contributed by atoms with van der Waals surface area (Å²) in [5.41, 5.74) is 2.66. The molecule has 0 spiro atoms. The number of rotatable bonds is 3. The molecular weight excluding hydrogens is 274 g/mol. The first-order valence-corrected chi connectivity index (χ1v) is 6.39. The van der Waals surface area contributed by atoms with Gasteiger partial charge in [0, 0.05) is 10.6 Å². The summed E-state index contributed by atoms with van der Waals surface area (Å²) >= 11 is 5.89. The minimum absolute atomic E-state index is 0.311. The van der Waals surface area contributed by atoms with Crippen LogP contribution in [0.15, 0.2) is 54.6 Å². The second-order valence-electron chi connectivity index (χ2n) is 4.20. The van der Waals surface area contributed by atoms with Crippen molar-refractivity contribution in [3.8, 4) is 16.9 Å². The highest BCUT2D eigenvalue weighted by molar-refractivity contribution is 6.30. The van der Waals surface area contributed by atoms with Gasteiger partial charge in [-0.3, -0.25) is 4.79 Å². The van der Waals surface area contributed by atoms with E-state index in [0.717, 1.165) is 11.3 Å². The molecule has 0 radical (unpaired) electrons. The molecular formula is C15H10ClN3O. The van der Waals surface area contributed by atoms with E-state index >= 15 is 0 Å². The monoisotopic (exact) mass is 283 g/mol. The van der Waals surface area contributed by atoms with Crippen molar-refractivity contribution in [1.82, 2.24) is 15.0 Å². The van der Waals surface area contributed by atoms with Gasteiger partial charge in [0.15, 0.2) is 12.0 Å². The molecule has 3 aromatic rings. The molecule has 20 heavy (non-hydrogen) atoms. The highest BCUT2D eigenvalue weighted by Gasteiger charge is 2.15. The molecule has 0 bridgehead atoms. The number of benzene rings is 2. The van der Waals surface area contributed by atoms with Crippen LogP contribution < -0.4 is 0 Å². The molecule has 0 saturated heterocycles. The van der Waals surface area contributed by atoms with E-state index in [1.165, 1.54) is 0 Å². The Morgan fingerprint density at radius 3 is 2.35 bits per heavy atom. The lowest BCUT2D eigenvalue weighted by atomic mass is 10.1. The van der Waals surface area contributed by atoms with E-state index in [4.69, 9.17) is 11.6 Å². The van der Waals surface area contributed by atoms with Gasteiger partial charge < -0.3 is 0 Å². The Labute approximate surface area is 120 Å². The Bertz CT molecular complexity index is 736. The zero-order valence-electron chi connectivity index (χ0n) is 10.4. The zero-order chi connectivity index (χ0) is 13.9. The summed E-state index contributed by atoms with van der Waals surface area (Å²) in [5, 5.41) is 8.62. The highest BCUT2D eigenvalue weighted by atomic mass is 35.5. The van der Waals surface area contributed by atoms with Crippen LogP contribution in [0.3, 0.4) is 0 Å². The maximum Gasteiger partial charge on any atom is 0.172 e. The molecule has 3 rings (SSSR count). The van der Waals surface area contributed by atoms with Crippen molar-refractivity contribution in [2.24, 2.45) is 0 Å². The first kappa shape index (κ1) is 12.6. The predicted molar refractivity (Wildman–Crippen MR) is 77.2 cm³/mol. The van der Waals surface area contributed by atoms with E-state index in [-0.39, 0.29) is 0 Å². The summed E-state index contributed by atoms with van der Waals surface area (Å²) in [7, 11) is 0. The quantitative estimate of drug-likeness (QED) is 0.692. The van der Waals surface area contributed by atoms with Crippen LogP contribution in [0.4, 0.5) is 0 Å². The average molecular weight is 284 g/mol. The smallest absolute Gasteiger partial charge is 0.172 e. The maximum atomic E-state index is 11.2. The number of hydrogen-bond donors (Lipinski definition) is 0. The minimum Gasteiger partial charge on any atom is -0.296 e. The van der Waals surface area contributed by atoms with E-state index < -0.39 is 0 Å². The molecule has 2 aromatic carbocycles. The van der Waals surface area contributed by atoms with Crippen LogP contribution in [0.5, 0.6) is 0 Å². The van der Waals surface area contributed by atoms with Crippen molar-refractivity contribution < 1.29 is 4.79 Å². The van der Waals surface area contributed by atoms with Gasteiger partial charge in [-0.05, 0) is 24.3 Å². The fraction of sp³-hybridized carbons (Fsp3) is 0. The summed E-state index contributed by atoms with van der Waals surface area (Å²) in [5.74, 6) is 0. The lowest BCUT2D eigenvalue weighted by molar-refractivity contribution is 0.111. The van der Waals surface area contributed by atoms with E-state index in [1.807, 2.05) is 42.5 Å². The second kappa shape index (κ2) is 5.27. The van der Waals surface area contributed by atoms with Gasteiger partial charge in [-0.25, -0.2) is 4.68 Å². The number of halogens is 1. The molecule has 4 nitrogen and oxygen atoms in total. The summed E-state index contributed by atoms with van der Waals surface area (Å²) in [6.45, 7) is 0. The van der Waals surface area contributed by atoms with Crippen LogP contribution in [-0.2, 0) is 0 Å². The van der Waals surface area contributed by atoms with Crippen molar-refractivity contribution in [2.75, 3.05) is 0 Å². The van der Waals surface area contributed by atoms with Gasteiger partial charge in [-0.15, -0.1) is 5.10 Å². The molecule has 0 N–H and O–H groups in total. The Balaban J connectivity index is 2.20. The number of hydrogen-bond acceptors (Lipinski definition) is 3. The Morgan fingerprint density at radius 2 is 1.70 bits per heavy atom. The minimum atomic E-state index is 0.311. The largest absolute Gasteiger partial charge is 0.296 e. The van der Waals surface area contributed by atoms with E-state index in [0.29, 0.717) is 22.7 Å². The number of carbonyl (C=O) groups is 1. The Hall–Kier alpha value is -2.46. The molecule has 1 aromatic heterocycles. The lowest BCUT2D eigenvalue weighted by Gasteiger charge is -2.07. The van der Waals surface area contributed by atoms with Gasteiger partial charge in [0.2, 0.25) is 0 Å². The predicted octanol–water partition coefficient (Wildman–Crippen LogP) is 3.40. The van der Waals surface area contributed by atoms with Gasteiger partial charge in [0.05, 0.1) is 5.69 Å². The number of nitrogens with zero attached hydrogens (tertiary/aromatic N) is 3. The lowest BCUT2D eigenvalue weighted by Crippen LogP contribution is -1.99. The molecule has 0 saturated carbocycles. The topological polar surface area (TPSA) is 47.8 Å². The summed E-state index contributed by atoms with van der Waals surface area (Å²) in [6.07, 6.45) is 0.710. The van der Waals surface area contributed by atoms with Crippen LogP contribution in [-0.4, -0.2) is 21.3 Å². The molecule has 0 atom stereocenters. The molecule has 5 heteroatoms. The van der Waals surface area contributed by atoms with Crippen LogP contribution in [0, 0.1) is 0 Å². The number of aromatic nitrogens is 3. The fourth-order valence-electron chi connectivity index (χ4n) is 2.00. The van der Waals surface area contributed by atoms with Gasteiger partial charge in [-0.1, -0.05) is 47.1 Å². The standard InChI is InChI=1S/C15H10ClN3O/c16-12-6-8-13(9-7-12)19-15(14(10-20)17-18-19)11-4-2-1-3-5-11/h1-10H. The highest BCUT2D eigenvalue weighted by Crippen LogP contribution is 2.24. The average Bonchev–Trinajstić information content (AvgIpc) is 2.93. The van der Waals surface area contributed by atoms with Gasteiger partial charge >= 0.3 is 0 Å². The first-order valence-electron chi connectivity index (χ1n) is 6.02. The molecule has 0 unspecified atom stereocenters. The normalized spacial score (nSPS) is 10.4. The summed E-state index contributed by atoms with van der Waals surface area (Å²) in [4.78, 5) is 11.2. The van der Waals surface area contributed by atoms with E-state index in [2.05, 4.69) is 10.3 Å². The van der Waals surface area contributed by atoms with Crippen molar-refractivity contribution in [3.63, 3.8) is 0 Å². The Morgan fingerprint density at radius 1 is 1.00 bits per heavy atom. The van der Waals surface area contributed by atoms with Crippen LogP contribution >= 0.6 is 11.6 Å². The SMILES string of the molecule is O=Cc1nnn(-c2ccc(Cl)cc2)c1-c1ccccc1. The van der Waals surface area contributed by atoms with Crippen molar-refractivity contribution >= 4 is 17.9 Å². The van der Waals surface area contributed by atoms with E-state index in [9.17, 15) is 4.79 Å². The molecule has 0 aliphatic rings. The van der Waals surface area contributed by atoms with E-state index in [1.54, 1.807) is 16.8 Å². The number of carbonyl (C=O) groups excluding carboxylic acids is 1. The maximum absolute atomic E-state index is 11.2. The summed E-state index contributed by atoms with van der Waals surface area (Å²) < 4.78 is 1.63. The third-order valence-electron chi connectivity index (χ3n) is 2.93. The Kier molecular flexibility index (Phi) is 3.31. The molecule has 0 amide bonds. The van der Waals surface area contributed by atoms with Crippen LogP contribution in [0.1, 0.15) is 10.5 Å². The van der Waals surface area contributed by atoms with Crippen LogP contribution in [0.2, 0.25) is 5.02 Å². The summed E-state index contributed by atoms with van der Waals surface area (Å²) in [6, 6.07) is 16.8. The third kappa shape index (κ3) is 2.21. The fourth-order valence-corrected chi connectivity index (χ4v) is 2.13. The molecule has 0 aliphatic heterocycles. The molecule has 0 fully saturated rings. The molecule has 1 heterocycles. The van der Waals surface area contributed by atoms with Gasteiger partial charge in [0.25, 0.3) is 0 Å².